The van der Waals surface area contributed by atoms with Gasteiger partial charge in [0.05, 0.1) is 6.57 Å². The van der Waals surface area contributed by atoms with Crippen LogP contribution in [0.15, 0.2) is 18.2 Å². The molecule has 9 nitrogen and oxygen atoms in total. The minimum Gasteiger partial charge on any atom is -0.368 e. The number of amides is 1. The van der Waals surface area contributed by atoms with Crippen LogP contribution in [0.25, 0.3) is 4.85 Å². The van der Waals surface area contributed by atoms with E-state index >= 15 is 0 Å². The molecule has 3 rings (SSSR count). The van der Waals surface area contributed by atoms with Crippen molar-refractivity contribution >= 4 is 34.9 Å². The zero-order chi connectivity index (χ0) is 24.2. The van der Waals surface area contributed by atoms with Crippen molar-refractivity contribution in [3.05, 3.63) is 40.7 Å². The van der Waals surface area contributed by atoms with Gasteiger partial charge in [-0.05, 0) is 43.0 Å². The lowest BCUT2D eigenvalue weighted by atomic mass is 9.96. The second-order valence-corrected chi connectivity index (χ2v) is 9.66. The Bertz CT molecular complexity index is 1050. The molecule has 1 aliphatic heterocycles. The molecular weight excluding hydrogens is 416 g/mol. The number of benzene rings is 1. The molecule has 2 heterocycles. The molecule has 1 atom stereocenters. The lowest BCUT2D eigenvalue weighted by Crippen LogP contribution is -2.30. The van der Waals surface area contributed by atoms with Crippen LogP contribution in [0.3, 0.4) is 0 Å². The number of carbonyl (C=O) groups is 1. The summed E-state index contributed by atoms with van der Waals surface area (Å²) >= 11 is 0. The van der Waals surface area contributed by atoms with E-state index in [1.165, 1.54) is 0 Å². The summed E-state index contributed by atoms with van der Waals surface area (Å²) in [4.78, 5) is 27.4. The Labute approximate surface area is 196 Å². The largest absolute Gasteiger partial charge is 0.368 e. The van der Waals surface area contributed by atoms with Gasteiger partial charge in [-0.1, -0.05) is 26.8 Å². The van der Waals surface area contributed by atoms with Crippen LogP contribution in [0.4, 0.5) is 29.0 Å². The molecule has 1 aromatic carbocycles. The number of aromatic nitrogens is 2. The van der Waals surface area contributed by atoms with Gasteiger partial charge in [0.25, 0.3) is 11.6 Å². The zero-order valence-corrected chi connectivity index (χ0v) is 20.3. The van der Waals surface area contributed by atoms with Crippen molar-refractivity contribution in [3.8, 4) is 0 Å². The Morgan fingerprint density at radius 3 is 2.70 bits per heavy atom. The van der Waals surface area contributed by atoms with Crippen LogP contribution in [0.5, 0.6) is 0 Å². The number of carbonyl (C=O) groups excluding carboxylic acids is 1. The van der Waals surface area contributed by atoms with Crippen LogP contribution in [0.2, 0.25) is 0 Å². The van der Waals surface area contributed by atoms with Crippen molar-refractivity contribution in [1.82, 2.24) is 20.6 Å². The topological polar surface area (TPSA) is 98.6 Å². The number of nitrogens with zero attached hydrogens (tertiary/aromatic N) is 4. The third kappa shape index (κ3) is 6.11. The summed E-state index contributed by atoms with van der Waals surface area (Å²) in [7, 11) is 3.55. The Morgan fingerprint density at radius 2 is 2.09 bits per heavy atom. The van der Waals surface area contributed by atoms with Crippen LogP contribution >= 0.6 is 0 Å². The van der Waals surface area contributed by atoms with Crippen molar-refractivity contribution in [2.75, 3.05) is 49.3 Å². The predicted molar refractivity (Wildman–Crippen MR) is 134 cm³/mol. The molecule has 9 heteroatoms. The molecule has 2 aromatic rings. The molecule has 1 aromatic heterocycles. The van der Waals surface area contributed by atoms with Gasteiger partial charge in [0.15, 0.2) is 0 Å². The van der Waals surface area contributed by atoms with Crippen LogP contribution in [-0.2, 0) is 0 Å². The molecule has 4 N–H and O–H groups in total. The molecule has 0 bridgehead atoms. The van der Waals surface area contributed by atoms with Gasteiger partial charge in [-0.3, -0.25) is 4.79 Å². The summed E-state index contributed by atoms with van der Waals surface area (Å²) < 4.78 is 0. The fourth-order valence-electron chi connectivity index (χ4n) is 3.88. The average molecular weight is 451 g/mol. The molecule has 0 radical (unpaired) electrons. The van der Waals surface area contributed by atoms with Crippen molar-refractivity contribution in [2.45, 2.75) is 40.2 Å². The average Bonchev–Trinajstić information content (AvgIpc) is 3.26. The maximum atomic E-state index is 12.1. The van der Waals surface area contributed by atoms with E-state index < -0.39 is 0 Å². The van der Waals surface area contributed by atoms with E-state index in [-0.39, 0.29) is 17.4 Å². The Kier molecular flexibility index (Phi) is 7.39. The van der Waals surface area contributed by atoms with E-state index in [1.54, 1.807) is 19.2 Å². The normalized spacial score (nSPS) is 15.6. The number of hydrogen-bond acceptors (Lipinski definition) is 7. The maximum Gasteiger partial charge on any atom is 0.269 e. The highest BCUT2D eigenvalue weighted by atomic mass is 16.1. The van der Waals surface area contributed by atoms with Gasteiger partial charge in [0.2, 0.25) is 5.95 Å². The first kappa shape index (κ1) is 24.3. The highest BCUT2D eigenvalue weighted by Crippen LogP contribution is 2.37. The lowest BCUT2D eigenvalue weighted by molar-refractivity contribution is 0.0963. The van der Waals surface area contributed by atoms with Gasteiger partial charge in [0, 0.05) is 44.5 Å². The van der Waals surface area contributed by atoms with Gasteiger partial charge in [-0.25, -0.2) is 14.8 Å². The summed E-state index contributed by atoms with van der Waals surface area (Å²) in [5.74, 6) is 1.30. The van der Waals surface area contributed by atoms with Gasteiger partial charge in [0.1, 0.15) is 11.6 Å². The van der Waals surface area contributed by atoms with Crippen LogP contribution in [0.1, 0.15) is 43.1 Å². The minimum absolute atomic E-state index is 0.0218. The van der Waals surface area contributed by atoms with Crippen LogP contribution in [0, 0.1) is 18.9 Å². The molecule has 0 unspecified atom stereocenters. The van der Waals surface area contributed by atoms with E-state index in [4.69, 9.17) is 11.6 Å². The second-order valence-electron chi connectivity index (χ2n) is 9.66. The van der Waals surface area contributed by atoms with E-state index in [2.05, 4.69) is 51.9 Å². The molecule has 176 valence electrons. The highest BCUT2D eigenvalue weighted by molar-refractivity contribution is 5.95. The van der Waals surface area contributed by atoms with E-state index in [1.807, 2.05) is 24.9 Å². The Balaban J connectivity index is 2.06. The first-order valence-corrected chi connectivity index (χ1v) is 11.2. The van der Waals surface area contributed by atoms with Gasteiger partial charge in [-0.2, -0.15) is 0 Å². The van der Waals surface area contributed by atoms with Gasteiger partial charge < -0.3 is 26.2 Å². The number of nitrogens with one attached hydrogen (secondary N) is 4. The SMILES string of the molecule is [C-]#[N+]c1c(Nc2cc(C(=O)NC)ccc2C)nc(N[C@@H]2CCNC2)nc1N(C)CC(C)(C)C. The monoisotopic (exact) mass is 450 g/mol. The summed E-state index contributed by atoms with van der Waals surface area (Å²) in [6.45, 7) is 18.8. The molecule has 1 aliphatic rings. The Hall–Kier alpha value is -3.38. The number of anilines is 4. The van der Waals surface area contributed by atoms with Crippen molar-refractivity contribution in [2.24, 2.45) is 5.41 Å². The fourth-order valence-corrected chi connectivity index (χ4v) is 3.88. The van der Waals surface area contributed by atoms with E-state index in [0.29, 0.717) is 28.8 Å². The first-order chi connectivity index (χ1) is 15.6. The lowest BCUT2D eigenvalue weighted by Gasteiger charge is -2.29. The summed E-state index contributed by atoms with van der Waals surface area (Å²) in [5, 5.41) is 12.7. The summed E-state index contributed by atoms with van der Waals surface area (Å²) in [5.41, 5.74) is 2.56. The molecule has 1 amide bonds. The van der Waals surface area contributed by atoms with E-state index in [9.17, 15) is 4.79 Å². The van der Waals surface area contributed by atoms with Gasteiger partial charge >= 0.3 is 0 Å². The van der Waals surface area contributed by atoms with Crippen molar-refractivity contribution < 1.29 is 4.79 Å². The first-order valence-electron chi connectivity index (χ1n) is 11.2. The fraction of sp³-hybridized carbons (Fsp3) is 0.500. The third-order valence-corrected chi connectivity index (χ3v) is 5.42. The summed E-state index contributed by atoms with van der Waals surface area (Å²) in [6, 6.07) is 5.66. The third-order valence-electron chi connectivity index (χ3n) is 5.42. The van der Waals surface area contributed by atoms with E-state index in [0.717, 1.165) is 37.3 Å². The zero-order valence-electron chi connectivity index (χ0n) is 20.3. The number of hydrogen-bond donors (Lipinski definition) is 4. The van der Waals surface area contributed by atoms with Crippen molar-refractivity contribution in [1.29, 1.82) is 0 Å². The van der Waals surface area contributed by atoms with Crippen LogP contribution < -0.4 is 26.2 Å². The number of rotatable bonds is 7. The minimum atomic E-state index is -0.173. The van der Waals surface area contributed by atoms with Gasteiger partial charge in [-0.15, -0.1) is 0 Å². The van der Waals surface area contributed by atoms with Crippen LogP contribution in [-0.4, -0.2) is 55.6 Å². The second kappa shape index (κ2) is 10.0. The Morgan fingerprint density at radius 1 is 1.33 bits per heavy atom. The van der Waals surface area contributed by atoms with Crippen molar-refractivity contribution in [3.63, 3.8) is 0 Å². The molecule has 0 spiro atoms. The standard InChI is InChI=1S/C24H34N8O/c1-15-8-9-16(22(33)26-6)12-18(15)29-20-19(25-5)21(32(7)14-24(2,3)4)31-23(30-20)28-17-10-11-27-13-17/h8-9,12,17,27H,10-11,13-14H2,1-4,6-7H3,(H,26,33)(H2,28,29,30,31)/t17-/m1/s1. The smallest absolute Gasteiger partial charge is 0.269 e. The molecule has 1 saturated heterocycles. The quantitative estimate of drug-likeness (QED) is 0.478. The molecule has 1 fully saturated rings. The number of aryl methyl sites for hydroxylation is 1. The molecule has 0 aliphatic carbocycles. The predicted octanol–water partition coefficient (Wildman–Crippen LogP) is 3.70. The maximum absolute atomic E-state index is 12.1. The molecule has 33 heavy (non-hydrogen) atoms. The molecule has 0 saturated carbocycles. The highest BCUT2D eigenvalue weighted by Gasteiger charge is 2.24. The summed E-state index contributed by atoms with van der Waals surface area (Å²) in [6.07, 6.45) is 0.983. The molecular formula is C24H34N8O.